The lowest BCUT2D eigenvalue weighted by atomic mass is 10.2. The highest BCUT2D eigenvalue weighted by molar-refractivity contribution is 5.86. The van der Waals surface area contributed by atoms with E-state index in [0.717, 1.165) is 4.68 Å². The van der Waals surface area contributed by atoms with Crippen molar-refractivity contribution < 1.29 is 28.2 Å². The summed E-state index contributed by atoms with van der Waals surface area (Å²) >= 11 is 0. The van der Waals surface area contributed by atoms with E-state index in [1.165, 1.54) is 0 Å². The van der Waals surface area contributed by atoms with Crippen LogP contribution in [0, 0.1) is 0 Å². The van der Waals surface area contributed by atoms with Crippen molar-refractivity contribution in [1.29, 1.82) is 0 Å². The maximum absolute atomic E-state index is 13.0. The molecule has 0 amide bonds. The SMILES string of the molecule is O=C(O)c1nnn(Cc2ccc3c(c2)OCO3)c1C(F)F. The fourth-order valence-corrected chi connectivity index (χ4v) is 2.02. The molecule has 0 unspecified atom stereocenters. The quantitative estimate of drug-likeness (QED) is 0.924. The number of aromatic nitrogens is 3. The molecule has 9 heteroatoms. The zero-order valence-electron chi connectivity index (χ0n) is 10.5. The molecular formula is C12H9F2N3O4. The Morgan fingerprint density at radius 2 is 2.14 bits per heavy atom. The predicted octanol–water partition coefficient (Wildman–Crippen LogP) is 1.69. The highest BCUT2D eigenvalue weighted by Gasteiger charge is 2.26. The molecule has 2 aromatic rings. The molecule has 0 atom stereocenters. The van der Waals surface area contributed by atoms with Gasteiger partial charge >= 0.3 is 5.97 Å². The number of rotatable bonds is 4. The van der Waals surface area contributed by atoms with Gasteiger partial charge in [0.15, 0.2) is 17.2 Å². The Hall–Kier alpha value is -2.71. The van der Waals surface area contributed by atoms with Crippen molar-refractivity contribution in [3.8, 4) is 11.5 Å². The first-order chi connectivity index (χ1) is 10.1. The van der Waals surface area contributed by atoms with E-state index in [2.05, 4.69) is 10.3 Å². The number of carboxylic acids is 1. The van der Waals surface area contributed by atoms with Gasteiger partial charge in [0.25, 0.3) is 6.43 Å². The number of benzene rings is 1. The normalized spacial score (nSPS) is 12.9. The van der Waals surface area contributed by atoms with E-state index in [4.69, 9.17) is 14.6 Å². The number of fused-ring (bicyclic) bond motifs is 1. The fraction of sp³-hybridized carbons (Fsp3) is 0.250. The number of hydrogen-bond acceptors (Lipinski definition) is 5. The van der Waals surface area contributed by atoms with Crippen LogP contribution in [0.4, 0.5) is 8.78 Å². The summed E-state index contributed by atoms with van der Waals surface area (Å²) in [5.41, 5.74) is -0.853. The van der Waals surface area contributed by atoms with Gasteiger partial charge in [-0.3, -0.25) is 0 Å². The third-order valence-electron chi connectivity index (χ3n) is 2.95. The number of carbonyl (C=O) groups is 1. The van der Waals surface area contributed by atoms with Crippen LogP contribution in [0.15, 0.2) is 18.2 Å². The molecule has 0 saturated heterocycles. The molecule has 0 aliphatic carbocycles. The first kappa shape index (κ1) is 13.3. The average Bonchev–Trinajstić information content (AvgIpc) is 3.04. The van der Waals surface area contributed by atoms with Gasteiger partial charge in [-0.05, 0) is 17.7 Å². The summed E-state index contributed by atoms with van der Waals surface area (Å²) < 4.78 is 37.2. The van der Waals surface area contributed by atoms with E-state index in [1.54, 1.807) is 18.2 Å². The molecule has 21 heavy (non-hydrogen) atoms. The van der Waals surface area contributed by atoms with E-state index in [1.807, 2.05) is 0 Å². The second-order valence-electron chi connectivity index (χ2n) is 4.27. The van der Waals surface area contributed by atoms with Crippen LogP contribution in [0.5, 0.6) is 11.5 Å². The monoisotopic (exact) mass is 297 g/mol. The lowest BCUT2D eigenvalue weighted by molar-refractivity contribution is 0.0675. The standard InChI is InChI=1S/C12H9F2N3O4/c13-11(14)10-9(12(18)19)15-16-17(10)4-6-1-2-7-8(3-6)21-5-20-7/h1-3,11H,4-5H2,(H,18,19). The minimum absolute atomic E-state index is 0.0450. The number of hydrogen-bond donors (Lipinski definition) is 1. The van der Waals surface area contributed by atoms with Crippen LogP contribution in [0.3, 0.4) is 0 Å². The molecule has 0 fully saturated rings. The van der Waals surface area contributed by atoms with Gasteiger partial charge in [-0.2, -0.15) is 0 Å². The molecule has 0 bridgehead atoms. The molecule has 1 aliphatic rings. The summed E-state index contributed by atoms with van der Waals surface area (Å²) in [5.74, 6) is -0.468. The van der Waals surface area contributed by atoms with Crippen LogP contribution in [0.2, 0.25) is 0 Å². The molecule has 3 rings (SSSR count). The maximum atomic E-state index is 13.0. The van der Waals surface area contributed by atoms with Gasteiger partial charge in [0.1, 0.15) is 5.69 Å². The van der Waals surface area contributed by atoms with Gasteiger partial charge in [0.2, 0.25) is 6.79 Å². The Morgan fingerprint density at radius 1 is 1.38 bits per heavy atom. The van der Waals surface area contributed by atoms with Crippen LogP contribution in [0.1, 0.15) is 28.2 Å². The Labute approximate surface area is 116 Å². The van der Waals surface area contributed by atoms with Crippen LogP contribution in [-0.2, 0) is 6.54 Å². The molecule has 1 aromatic heterocycles. The van der Waals surface area contributed by atoms with Crippen LogP contribution in [0.25, 0.3) is 0 Å². The maximum Gasteiger partial charge on any atom is 0.358 e. The summed E-state index contributed by atoms with van der Waals surface area (Å²) in [4.78, 5) is 10.9. The first-order valence-corrected chi connectivity index (χ1v) is 5.89. The summed E-state index contributed by atoms with van der Waals surface area (Å²) in [6, 6.07) is 4.93. The number of carboxylic acid groups (broad SMARTS) is 1. The zero-order chi connectivity index (χ0) is 15.0. The Kier molecular flexibility index (Phi) is 3.16. The second kappa shape index (κ2) is 5.00. The number of aromatic carboxylic acids is 1. The highest BCUT2D eigenvalue weighted by Crippen LogP contribution is 2.33. The molecular weight excluding hydrogens is 288 g/mol. The van der Waals surface area contributed by atoms with Crippen molar-refractivity contribution in [2.24, 2.45) is 0 Å². The highest BCUT2D eigenvalue weighted by atomic mass is 19.3. The summed E-state index contributed by atoms with van der Waals surface area (Å²) in [6.07, 6.45) is -2.99. The first-order valence-electron chi connectivity index (χ1n) is 5.89. The fourth-order valence-electron chi connectivity index (χ4n) is 2.02. The molecule has 0 spiro atoms. The number of nitrogens with zero attached hydrogens (tertiary/aromatic N) is 3. The van der Waals surface area contributed by atoms with Crippen molar-refractivity contribution in [3.63, 3.8) is 0 Å². The van der Waals surface area contributed by atoms with E-state index in [-0.39, 0.29) is 13.3 Å². The molecule has 2 heterocycles. The van der Waals surface area contributed by atoms with E-state index >= 15 is 0 Å². The minimum Gasteiger partial charge on any atom is -0.476 e. The van der Waals surface area contributed by atoms with Gasteiger partial charge in [-0.25, -0.2) is 18.3 Å². The van der Waals surface area contributed by atoms with Gasteiger partial charge < -0.3 is 14.6 Å². The smallest absolute Gasteiger partial charge is 0.358 e. The van der Waals surface area contributed by atoms with E-state index in [0.29, 0.717) is 17.1 Å². The summed E-state index contributed by atoms with van der Waals surface area (Å²) in [6.45, 7) is 0.0597. The van der Waals surface area contributed by atoms with Crippen LogP contribution < -0.4 is 9.47 Å². The third-order valence-corrected chi connectivity index (χ3v) is 2.95. The Bertz CT molecular complexity index is 702. The number of halogens is 2. The van der Waals surface area contributed by atoms with Crippen LogP contribution in [-0.4, -0.2) is 32.9 Å². The van der Waals surface area contributed by atoms with E-state index in [9.17, 15) is 13.6 Å². The topological polar surface area (TPSA) is 86.5 Å². The molecule has 1 aliphatic heterocycles. The minimum atomic E-state index is -2.99. The molecule has 0 radical (unpaired) electrons. The predicted molar refractivity (Wildman–Crippen MR) is 63.6 cm³/mol. The van der Waals surface area contributed by atoms with Crippen LogP contribution >= 0.6 is 0 Å². The van der Waals surface area contributed by atoms with Gasteiger partial charge in [0.05, 0.1) is 6.54 Å². The van der Waals surface area contributed by atoms with Gasteiger partial charge in [-0.1, -0.05) is 11.3 Å². The summed E-state index contributed by atoms with van der Waals surface area (Å²) in [7, 11) is 0. The zero-order valence-corrected chi connectivity index (χ0v) is 10.5. The van der Waals surface area contributed by atoms with Crippen molar-refractivity contribution in [3.05, 3.63) is 35.2 Å². The van der Waals surface area contributed by atoms with Crippen molar-refractivity contribution >= 4 is 5.97 Å². The van der Waals surface area contributed by atoms with Crippen molar-refractivity contribution in [1.82, 2.24) is 15.0 Å². The molecule has 0 saturated carbocycles. The Balaban J connectivity index is 1.93. The lowest BCUT2D eigenvalue weighted by Crippen LogP contribution is -2.10. The Morgan fingerprint density at radius 3 is 2.86 bits per heavy atom. The van der Waals surface area contributed by atoms with Gasteiger partial charge in [0, 0.05) is 0 Å². The van der Waals surface area contributed by atoms with E-state index < -0.39 is 23.8 Å². The molecule has 1 aromatic carbocycles. The summed E-state index contributed by atoms with van der Waals surface area (Å²) in [5, 5.41) is 15.6. The van der Waals surface area contributed by atoms with Gasteiger partial charge in [-0.15, -0.1) is 5.10 Å². The average molecular weight is 297 g/mol. The molecule has 110 valence electrons. The number of alkyl halides is 2. The second-order valence-corrected chi connectivity index (χ2v) is 4.27. The lowest BCUT2D eigenvalue weighted by Gasteiger charge is -2.07. The third kappa shape index (κ3) is 2.37. The number of ether oxygens (including phenoxy) is 2. The largest absolute Gasteiger partial charge is 0.476 e. The molecule has 7 nitrogen and oxygen atoms in total. The van der Waals surface area contributed by atoms with Crippen molar-refractivity contribution in [2.45, 2.75) is 13.0 Å². The van der Waals surface area contributed by atoms with Crippen molar-refractivity contribution in [2.75, 3.05) is 6.79 Å². The molecule has 1 N–H and O–H groups in total.